The molecule has 2 rings (SSSR count). The van der Waals surface area contributed by atoms with E-state index >= 15 is 0 Å². The van der Waals surface area contributed by atoms with E-state index in [2.05, 4.69) is 11.9 Å². The van der Waals surface area contributed by atoms with Crippen LogP contribution in [0.25, 0.3) is 0 Å². The van der Waals surface area contributed by atoms with Crippen molar-refractivity contribution in [2.75, 3.05) is 5.32 Å². The van der Waals surface area contributed by atoms with E-state index in [0.29, 0.717) is 5.56 Å². The van der Waals surface area contributed by atoms with Crippen LogP contribution in [0.4, 0.5) is 23.2 Å². The summed E-state index contributed by atoms with van der Waals surface area (Å²) in [6, 6.07) is 8.51. The van der Waals surface area contributed by atoms with Crippen LogP contribution in [0, 0.1) is 5.82 Å². The molecule has 0 atom stereocenters. The van der Waals surface area contributed by atoms with Crippen LogP contribution in [0.3, 0.4) is 0 Å². The van der Waals surface area contributed by atoms with Crippen LogP contribution in [0.5, 0.6) is 5.75 Å². The van der Waals surface area contributed by atoms with Gasteiger partial charge in [0.15, 0.2) is 0 Å². The molecule has 1 amide bonds. The number of hydrogen-bond acceptors (Lipinski definition) is 2. The van der Waals surface area contributed by atoms with E-state index in [1.807, 2.05) is 0 Å². The molecule has 7 heteroatoms. The minimum absolute atomic E-state index is 0.0367. The number of amides is 1. The fourth-order valence-electron chi connectivity index (χ4n) is 1.94. The molecular formula is C17H13F4NO2. The number of halogens is 4. The Morgan fingerprint density at radius 3 is 2.58 bits per heavy atom. The van der Waals surface area contributed by atoms with Gasteiger partial charge in [-0.15, -0.1) is 0 Å². The van der Waals surface area contributed by atoms with Crippen molar-refractivity contribution >= 4 is 11.6 Å². The molecule has 0 spiro atoms. The van der Waals surface area contributed by atoms with Gasteiger partial charge in [-0.1, -0.05) is 18.7 Å². The second-order valence-corrected chi connectivity index (χ2v) is 4.82. The second-order valence-electron chi connectivity index (χ2n) is 4.82. The van der Waals surface area contributed by atoms with Crippen molar-refractivity contribution in [3.8, 4) is 5.75 Å². The summed E-state index contributed by atoms with van der Waals surface area (Å²) in [5.74, 6) is -1.55. The molecule has 0 aliphatic carbocycles. The average Bonchev–Trinajstić information content (AvgIpc) is 2.52. The summed E-state index contributed by atoms with van der Waals surface area (Å²) in [5.41, 5.74) is -0.682. The van der Waals surface area contributed by atoms with Gasteiger partial charge in [-0.25, -0.2) is 4.39 Å². The van der Waals surface area contributed by atoms with E-state index in [1.165, 1.54) is 30.3 Å². The fraction of sp³-hybridized carbons (Fsp3) is 0.118. The Bertz CT molecular complexity index is 756. The van der Waals surface area contributed by atoms with E-state index in [0.717, 1.165) is 18.2 Å². The highest BCUT2D eigenvalue weighted by Gasteiger charge is 2.34. The van der Waals surface area contributed by atoms with Crippen molar-refractivity contribution in [3.05, 3.63) is 72.1 Å². The number of hydrogen-bond donors (Lipinski definition) is 1. The Balaban J connectivity index is 2.25. The average molecular weight is 339 g/mol. The van der Waals surface area contributed by atoms with Crippen molar-refractivity contribution in [1.82, 2.24) is 0 Å². The zero-order valence-electron chi connectivity index (χ0n) is 12.4. The number of anilines is 1. The van der Waals surface area contributed by atoms with Gasteiger partial charge in [-0.3, -0.25) is 4.79 Å². The molecule has 126 valence electrons. The highest BCUT2D eigenvalue weighted by molar-refractivity contribution is 5.98. The minimum atomic E-state index is -4.67. The van der Waals surface area contributed by atoms with Gasteiger partial charge in [0.05, 0.1) is 5.56 Å². The third-order valence-corrected chi connectivity index (χ3v) is 3.02. The molecule has 0 aliphatic rings. The Kier molecular flexibility index (Phi) is 5.23. The summed E-state index contributed by atoms with van der Waals surface area (Å²) in [5, 5.41) is 2.25. The maximum absolute atomic E-state index is 13.2. The summed E-state index contributed by atoms with van der Waals surface area (Å²) in [6.07, 6.45) is -3.73. The van der Waals surface area contributed by atoms with Gasteiger partial charge < -0.3 is 10.1 Å². The predicted molar refractivity (Wildman–Crippen MR) is 81.0 cm³/mol. The van der Waals surface area contributed by atoms with Gasteiger partial charge in [0.2, 0.25) is 5.91 Å². The monoisotopic (exact) mass is 339 g/mol. The number of carbonyl (C=O) groups excluding carboxylic acids is 1. The lowest BCUT2D eigenvalue weighted by Gasteiger charge is -2.15. The van der Waals surface area contributed by atoms with E-state index in [-0.39, 0.29) is 12.3 Å². The summed E-state index contributed by atoms with van der Waals surface area (Å²) in [6.45, 7) is 3.00. The van der Waals surface area contributed by atoms with Crippen molar-refractivity contribution in [2.24, 2.45) is 0 Å². The standard InChI is InChI=1S/C17H13F4NO2/c1-2-16(23)22-13-6-7-15(14(9-13)17(19,20)21)24-10-11-4-3-5-12(18)8-11/h2-9H,1,10H2,(H,22,23). The second kappa shape index (κ2) is 7.16. The number of alkyl halides is 3. The summed E-state index contributed by atoms with van der Waals surface area (Å²) in [4.78, 5) is 11.2. The molecule has 0 saturated heterocycles. The van der Waals surface area contributed by atoms with Crippen LogP contribution in [-0.2, 0) is 17.6 Å². The van der Waals surface area contributed by atoms with Gasteiger partial charge in [-0.05, 0) is 42.0 Å². The molecule has 0 aliphatic heterocycles. The first-order valence-corrected chi connectivity index (χ1v) is 6.81. The van der Waals surface area contributed by atoms with Gasteiger partial charge >= 0.3 is 6.18 Å². The van der Waals surface area contributed by atoms with Crippen LogP contribution < -0.4 is 10.1 Å². The molecule has 0 fully saturated rings. The third kappa shape index (κ3) is 4.58. The first kappa shape index (κ1) is 17.5. The fourth-order valence-corrected chi connectivity index (χ4v) is 1.94. The number of ether oxygens (including phenoxy) is 1. The molecule has 0 saturated carbocycles. The number of benzene rings is 2. The van der Waals surface area contributed by atoms with E-state index in [9.17, 15) is 22.4 Å². The van der Waals surface area contributed by atoms with Crippen molar-refractivity contribution in [3.63, 3.8) is 0 Å². The highest BCUT2D eigenvalue weighted by atomic mass is 19.4. The van der Waals surface area contributed by atoms with Gasteiger partial charge in [0.1, 0.15) is 18.2 Å². The summed E-state index contributed by atoms with van der Waals surface area (Å²) >= 11 is 0. The molecule has 1 N–H and O–H groups in total. The zero-order chi connectivity index (χ0) is 17.7. The Morgan fingerprint density at radius 1 is 1.21 bits per heavy atom. The summed E-state index contributed by atoms with van der Waals surface area (Å²) in [7, 11) is 0. The molecular weight excluding hydrogens is 326 g/mol. The lowest BCUT2D eigenvalue weighted by Crippen LogP contribution is -2.12. The topological polar surface area (TPSA) is 38.3 Å². The smallest absolute Gasteiger partial charge is 0.420 e. The highest BCUT2D eigenvalue weighted by Crippen LogP contribution is 2.38. The van der Waals surface area contributed by atoms with Gasteiger partial charge in [0, 0.05) is 5.69 Å². The van der Waals surface area contributed by atoms with Crippen molar-refractivity contribution in [2.45, 2.75) is 12.8 Å². The van der Waals surface area contributed by atoms with Crippen LogP contribution in [0.2, 0.25) is 0 Å². The molecule has 0 aromatic heterocycles. The van der Waals surface area contributed by atoms with E-state index in [1.54, 1.807) is 0 Å². The van der Waals surface area contributed by atoms with Crippen LogP contribution in [-0.4, -0.2) is 5.91 Å². The number of rotatable bonds is 5. The normalized spacial score (nSPS) is 11.0. The van der Waals surface area contributed by atoms with E-state index < -0.39 is 29.2 Å². The third-order valence-electron chi connectivity index (χ3n) is 3.02. The molecule has 0 bridgehead atoms. The van der Waals surface area contributed by atoms with Crippen molar-refractivity contribution in [1.29, 1.82) is 0 Å². The molecule has 0 radical (unpaired) electrons. The quantitative estimate of drug-likeness (QED) is 0.641. The van der Waals surface area contributed by atoms with Crippen molar-refractivity contribution < 1.29 is 27.1 Å². The van der Waals surface area contributed by atoms with Crippen LogP contribution in [0.15, 0.2) is 55.1 Å². The minimum Gasteiger partial charge on any atom is -0.488 e. The Morgan fingerprint density at radius 2 is 1.96 bits per heavy atom. The lowest BCUT2D eigenvalue weighted by atomic mass is 10.1. The Hall–Kier alpha value is -2.83. The molecule has 0 heterocycles. The molecule has 2 aromatic rings. The maximum atomic E-state index is 13.2. The van der Waals surface area contributed by atoms with Crippen LogP contribution >= 0.6 is 0 Å². The van der Waals surface area contributed by atoms with Gasteiger partial charge in [0.25, 0.3) is 0 Å². The SMILES string of the molecule is C=CC(=O)Nc1ccc(OCc2cccc(F)c2)c(C(F)(F)F)c1. The lowest BCUT2D eigenvalue weighted by molar-refractivity contribution is -0.139. The van der Waals surface area contributed by atoms with Gasteiger partial charge in [-0.2, -0.15) is 13.2 Å². The maximum Gasteiger partial charge on any atom is 0.420 e. The Labute approximate surface area is 135 Å². The molecule has 3 nitrogen and oxygen atoms in total. The van der Waals surface area contributed by atoms with Crippen LogP contribution in [0.1, 0.15) is 11.1 Å². The van der Waals surface area contributed by atoms with E-state index in [4.69, 9.17) is 4.74 Å². The first-order chi connectivity index (χ1) is 11.3. The molecule has 24 heavy (non-hydrogen) atoms. The number of nitrogens with one attached hydrogen (secondary N) is 1. The number of carbonyl (C=O) groups is 1. The molecule has 2 aromatic carbocycles. The molecule has 0 unspecified atom stereocenters. The largest absolute Gasteiger partial charge is 0.488 e. The first-order valence-electron chi connectivity index (χ1n) is 6.81. The zero-order valence-corrected chi connectivity index (χ0v) is 12.4. The predicted octanol–water partition coefficient (Wildman–Crippen LogP) is 4.55. The summed E-state index contributed by atoms with van der Waals surface area (Å²) < 4.78 is 57.8.